The van der Waals surface area contributed by atoms with Gasteiger partial charge < -0.3 is 15.8 Å². The number of likely N-dealkylation sites (tertiary alicyclic amines) is 1. The molecule has 0 radical (unpaired) electrons. The van der Waals surface area contributed by atoms with Crippen LogP contribution in [0, 0.1) is 0 Å². The molecule has 11 nitrogen and oxygen atoms in total. The second kappa shape index (κ2) is 10.2. The number of benzene rings is 1. The van der Waals surface area contributed by atoms with Crippen LogP contribution in [0.15, 0.2) is 36.8 Å². The standard InChI is InChI=1S/C25H34N10O/c1-16(2)35-31-24(30-32-35)19-11-21(13-22(12-19)36-17(3)4)29-25-23-18(5-10-34(23)28-15-27-25)14-33-8-6-20(26)7-9-33/h5,10-13,15-17,20H,6-9,14,26H2,1-4H3,(H,27,28,29). The van der Waals surface area contributed by atoms with Crippen molar-refractivity contribution < 1.29 is 4.74 Å². The van der Waals surface area contributed by atoms with Crippen molar-refractivity contribution in [2.24, 2.45) is 5.73 Å². The summed E-state index contributed by atoms with van der Waals surface area (Å²) in [5.74, 6) is 1.99. The summed E-state index contributed by atoms with van der Waals surface area (Å²) in [4.78, 5) is 8.63. The van der Waals surface area contributed by atoms with Gasteiger partial charge in [-0.3, -0.25) is 4.90 Å². The van der Waals surface area contributed by atoms with E-state index in [0.29, 0.717) is 11.9 Å². The van der Waals surface area contributed by atoms with E-state index in [1.54, 1.807) is 11.1 Å². The zero-order chi connectivity index (χ0) is 25.2. The molecule has 3 aromatic heterocycles. The van der Waals surface area contributed by atoms with Gasteiger partial charge in [-0.1, -0.05) is 0 Å². The van der Waals surface area contributed by atoms with Crippen molar-refractivity contribution in [1.82, 2.24) is 39.7 Å². The summed E-state index contributed by atoms with van der Waals surface area (Å²) in [5.41, 5.74) is 9.85. The first-order valence-corrected chi connectivity index (χ1v) is 12.5. The fraction of sp³-hybridized carbons (Fsp3) is 0.480. The number of rotatable bonds is 8. The molecule has 0 spiro atoms. The fourth-order valence-corrected chi connectivity index (χ4v) is 4.43. The third-order valence-electron chi connectivity index (χ3n) is 6.25. The Morgan fingerprint density at radius 3 is 2.67 bits per heavy atom. The van der Waals surface area contributed by atoms with Gasteiger partial charge in [0.1, 0.15) is 17.6 Å². The summed E-state index contributed by atoms with van der Waals surface area (Å²) in [6.07, 6.45) is 5.60. The normalized spacial score (nSPS) is 15.3. The number of piperidine rings is 1. The predicted molar refractivity (Wildman–Crippen MR) is 138 cm³/mol. The van der Waals surface area contributed by atoms with E-state index in [4.69, 9.17) is 10.5 Å². The molecule has 0 amide bonds. The molecule has 11 heteroatoms. The van der Waals surface area contributed by atoms with E-state index >= 15 is 0 Å². The highest BCUT2D eigenvalue weighted by Crippen LogP contribution is 2.31. The highest BCUT2D eigenvalue weighted by atomic mass is 16.5. The minimum Gasteiger partial charge on any atom is -0.491 e. The number of ether oxygens (including phenoxy) is 1. The lowest BCUT2D eigenvalue weighted by Gasteiger charge is -2.29. The number of tetrazole rings is 1. The first kappa shape index (κ1) is 24.1. The number of hydrogen-bond donors (Lipinski definition) is 2. The number of aromatic nitrogens is 7. The Morgan fingerprint density at radius 1 is 1.14 bits per heavy atom. The van der Waals surface area contributed by atoms with Crippen LogP contribution in [-0.2, 0) is 6.54 Å². The third kappa shape index (κ3) is 5.31. The Hall–Kier alpha value is -3.57. The minimum absolute atomic E-state index is 0.0213. The molecule has 0 unspecified atom stereocenters. The van der Waals surface area contributed by atoms with Gasteiger partial charge in [-0.25, -0.2) is 9.50 Å². The summed E-state index contributed by atoms with van der Waals surface area (Å²) < 4.78 is 7.90. The number of fused-ring (bicyclic) bond motifs is 1. The molecule has 4 heterocycles. The highest BCUT2D eigenvalue weighted by molar-refractivity contribution is 5.78. The summed E-state index contributed by atoms with van der Waals surface area (Å²) in [7, 11) is 0. The summed E-state index contributed by atoms with van der Waals surface area (Å²) >= 11 is 0. The molecule has 3 N–H and O–H groups in total. The third-order valence-corrected chi connectivity index (χ3v) is 6.25. The number of hydrogen-bond acceptors (Lipinski definition) is 9. The largest absolute Gasteiger partial charge is 0.491 e. The molecule has 0 aliphatic carbocycles. The molecule has 4 aromatic rings. The van der Waals surface area contributed by atoms with E-state index in [0.717, 1.165) is 60.8 Å². The van der Waals surface area contributed by atoms with Crippen LogP contribution in [-0.4, -0.2) is 64.9 Å². The average Bonchev–Trinajstić information content (AvgIpc) is 3.49. The second-order valence-electron chi connectivity index (χ2n) is 9.92. The minimum atomic E-state index is 0.0213. The van der Waals surface area contributed by atoms with Crippen molar-refractivity contribution in [3.8, 4) is 17.1 Å². The molecule has 36 heavy (non-hydrogen) atoms. The van der Waals surface area contributed by atoms with E-state index in [1.807, 2.05) is 56.6 Å². The molecule has 1 aromatic carbocycles. The number of anilines is 2. The highest BCUT2D eigenvalue weighted by Gasteiger charge is 2.19. The van der Waals surface area contributed by atoms with Crippen LogP contribution in [0.1, 0.15) is 52.1 Å². The average molecular weight is 491 g/mol. The molecular formula is C25H34N10O. The van der Waals surface area contributed by atoms with Gasteiger partial charge in [-0.05, 0) is 82.6 Å². The molecule has 190 valence electrons. The molecule has 1 aliphatic rings. The van der Waals surface area contributed by atoms with Crippen molar-refractivity contribution >= 4 is 17.0 Å². The predicted octanol–water partition coefficient (Wildman–Crippen LogP) is 3.42. The Balaban J connectivity index is 1.48. The van der Waals surface area contributed by atoms with E-state index in [2.05, 4.69) is 41.8 Å². The first-order valence-electron chi connectivity index (χ1n) is 12.5. The van der Waals surface area contributed by atoms with Crippen LogP contribution in [0.4, 0.5) is 11.5 Å². The van der Waals surface area contributed by atoms with Gasteiger partial charge >= 0.3 is 0 Å². The molecule has 0 atom stereocenters. The maximum Gasteiger partial charge on any atom is 0.205 e. The molecule has 0 saturated carbocycles. The van der Waals surface area contributed by atoms with Gasteiger partial charge in [0, 0.05) is 36.1 Å². The summed E-state index contributed by atoms with van der Waals surface area (Å²) in [5, 5.41) is 20.9. The van der Waals surface area contributed by atoms with Gasteiger partial charge in [0.15, 0.2) is 5.82 Å². The summed E-state index contributed by atoms with van der Waals surface area (Å²) in [6.45, 7) is 10.9. The molecule has 1 fully saturated rings. The van der Waals surface area contributed by atoms with Crippen LogP contribution in [0.3, 0.4) is 0 Å². The monoisotopic (exact) mass is 490 g/mol. The van der Waals surface area contributed by atoms with Crippen molar-refractivity contribution in [2.75, 3.05) is 18.4 Å². The van der Waals surface area contributed by atoms with Gasteiger partial charge in [0.25, 0.3) is 0 Å². The zero-order valence-electron chi connectivity index (χ0n) is 21.3. The van der Waals surface area contributed by atoms with Gasteiger partial charge in [-0.15, -0.1) is 10.2 Å². The van der Waals surface area contributed by atoms with Crippen LogP contribution in [0.5, 0.6) is 5.75 Å². The molecular weight excluding hydrogens is 456 g/mol. The smallest absolute Gasteiger partial charge is 0.205 e. The first-order chi connectivity index (χ1) is 17.4. The van der Waals surface area contributed by atoms with E-state index < -0.39 is 0 Å². The molecule has 1 saturated heterocycles. The Bertz CT molecular complexity index is 1320. The molecule has 1 aliphatic heterocycles. The Labute approximate surface area is 210 Å². The van der Waals surface area contributed by atoms with Gasteiger partial charge in [0.05, 0.1) is 12.1 Å². The maximum absolute atomic E-state index is 6.10. The lowest BCUT2D eigenvalue weighted by molar-refractivity contribution is 0.206. The van der Waals surface area contributed by atoms with Crippen LogP contribution < -0.4 is 15.8 Å². The molecule has 5 rings (SSSR count). The lowest BCUT2D eigenvalue weighted by atomic mass is 10.1. The van der Waals surface area contributed by atoms with Crippen molar-refractivity contribution in [2.45, 2.75) is 65.3 Å². The van der Waals surface area contributed by atoms with Crippen LogP contribution in [0.2, 0.25) is 0 Å². The van der Waals surface area contributed by atoms with Gasteiger partial charge in [0.2, 0.25) is 5.82 Å². The quantitative estimate of drug-likeness (QED) is 0.382. The number of nitrogens with zero attached hydrogens (tertiary/aromatic N) is 8. The maximum atomic E-state index is 6.10. The topological polar surface area (TPSA) is 124 Å². The van der Waals surface area contributed by atoms with E-state index in [1.165, 1.54) is 5.56 Å². The lowest BCUT2D eigenvalue weighted by Crippen LogP contribution is -2.39. The van der Waals surface area contributed by atoms with Crippen LogP contribution >= 0.6 is 0 Å². The van der Waals surface area contributed by atoms with Crippen molar-refractivity contribution in [3.63, 3.8) is 0 Å². The van der Waals surface area contributed by atoms with Crippen molar-refractivity contribution in [3.05, 3.63) is 42.4 Å². The number of nitrogens with one attached hydrogen (secondary N) is 1. The number of nitrogens with two attached hydrogens (primary N) is 1. The summed E-state index contributed by atoms with van der Waals surface area (Å²) in [6, 6.07) is 8.43. The van der Waals surface area contributed by atoms with E-state index in [-0.39, 0.29) is 12.1 Å². The van der Waals surface area contributed by atoms with E-state index in [9.17, 15) is 0 Å². The van der Waals surface area contributed by atoms with Crippen LogP contribution in [0.25, 0.3) is 16.9 Å². The zero-order valence-corrected chi connectivity index (χ0v) is 21.3. The Kier molecular flexibility index (Phi) is 6.84. The molecule has 0 bridgehead atoms. The SMILES string of the molecule is CC(C)Oc1cc(Nc2ncnn3ccc(CN4CCC(N)CC4)c23)cc(-c2nnn(C(C)C)n2)c1. The van der Waals surface area contributed by atoms with Gasteiger partial charge in [-0.2, -0.15) is 9.90 Å². The fourth-order valence-electron chi connectivity index (χ4n) is 4.43. The Morgan fingerprint density at radius 2 is 1.94 bits per heavy atom. The van der Waals surface area contributed by atoms with Crippen molar-refractivity contribution in [1.29, 1.82) is 0 Å². The second-order valence-corrected chi connectivity index (χ2v) is 9.92.